The summed E-state index contributed by atoms with van der Waals surface area (Å²) in [6.07, 6.45) is 5.55. The quantitative estimate of drug-likeness (QED) is 0.388. The Balaban J connectivity index is 2.61. The van der Waals surface area contributed by atoms with Gasteiger partial charge >= 0.3 is 0 Å². The summed E-state index contributed by atoms with van der Waals surface area (Å²) >= 11 is 0. The highest BCUT2D eigenvalue weighted by molar-refractivity contribution is 6.22. The topological polar surface area (TPSA) is 0 Å². The summed E-state index contributed by atoms with van der Waals surface area (Å²) in [7, 11) is 2.16. The molecule has 0 atom stereocenters. The van der Waals surface area contributed by atoms with E-state index in [2.05, 4.69) is 26.9 Å². The Bertz CT molecular complexity index is 115. The molecule has 0 radical (unpaired) electrons. The van der Waals surface area contributed by atoms with Crippen molar-refractivity contribution in [3.8, 4) is 0 Å². The average molecular weight is 92.0 g/mol. The van der Waals surface area contributed by atoms with Gasteiger partial charge in [0.25, 0.3) is 0 Å². The highest BCUT2D eigenvalue weighted by Crippen LogP contribution is 2.13. The molecule has 36 valence electrons. The van der Waals surface area contributed by atoms with Crippen molar-refractivity contribution in [1.29, 1.82) is 0 Å². The molecule has 0 amide bonds. The molecule has 1 heteroatoms. The molecule has 0 aliphatic heterocycles. The molecule has 0 N–H and O–H groups in total. The predicted octanol–water partition coefficient (Wildman–Crippen LogP) is 0.853. The van der Waals surface area contributed by atoms with Gasteiger partial charge in [0.1, 0.15) is 7.85 Å². The van der Waals surface area contributed by atoms with E-state index >= 15 is 0 Å². The molecule has 1 aliphatic carbocycles. The first-order chi connectivity index (χ1) is 3.29. The lowest BCUT2D eigenvalue weighted by molar-refractivity contribution is 1.23. The van der Waals surface area contributed by atoms with Crippen molar-refractivity contribution in [2.75, 3.05) is 0 Å². The first kappa shape index (κ1) is 4.70. The van der Waals surface area contributed by atoms with Gasteiger partial charge in [0, 0.05) is 0 Å². The lowest BCUT2D eigenvalue weighted by Crippen LogP contribution is -1.73. The van der Waals surface area contributed by atoms with Crippen LogP contribution in [-0.4, -0.2) is 7.85 Å². The molecule has 0 nitrogen and oxygen atoms in total. The van der Waals surface area contributed by atoms with Crippen molar-refractivity contribution >= 4 is 7.85 Å². The second kappa shape index (κ2) is 1.57. The van der Waals surface area contributed by atoms with Gasteiger partial charge in [0.2, 0.25) is 0 Å². The monoisotopic (exact) mass is 92.1 g/mol. The first-order valence-corrected chi connectivity index (χ1v) is 2.62. The first-order valence-electron chi connectivity index (χ1n) is 2.62. The molecule has 0 aromatic heterocycles. The van der Waals surface area contributed by atoms with Gasteiger partial charge in [-0.15, -0.1) is 5.47 Å². The van der Waals surface area contributed by atoms with Crippen LogP contribution < -0.4 is 0 Å². The Morgan fingerprint density at radius 3 is 2.43 bits per heavy atom. The third-order valence-corrected chi connectivity index (χ3v) is 1.21. The van der Waals surface area contributed by atoms with Gasteiger partial charge in [-0.05, 0) is 13.3 Å². The molecule has 0 bridgehead atoms. The van der Waals surface area contributed by atoms with E-state index in [4.69, 9.17) is 0 Å². The molecule has 0 aromatic rings. The van der Waals surface area contributed by atoms with Crippen LogP contribution in [0, 0.1) is 0 Å². The summed E-state index contributed by atoms with van der Waals surface area (Å²) in [6, 6.07) is 0. The molecular formula is C6H9B. The standard InChI is InChI=1S/C6H9B/c1-5-2-3-6(7)4-5/h2-3H,4,7H2,1H3. The van der Waals surface area contributed by atoms with Crippen LogP contribution in [0.1, 0.15) is 13.3 Å². The van der Waals surface area contributed by atoms with E-state index < -0.39 is 0 Å². The van der Waals surface area contributed by atoms with Gasteiger partial charge in [0.05, 0.1) is 0 Å². The van der Waals surface area contributed by atoms with Crippen LogP contribution in [0.4, 0.5) is 0 Å². The Labute approximate surface area is 45.3 Å². The van der Waals surface area contributed by atoms with Gasteiger partial charge in [0.15, 0.2) is 0 Å². The molecular weight excluding hydrogens is 82.9 g/mol. The molecule has 1 rings (SSSR count). The molecule has 0 fully saturated rings. The number of hydrogen-bond donors (Lipinski definition) is 0. The SMILES string of the molecule is BC1=CC=C(C)C1. The molecule has 0 spiro atoms. The van der Waals surface area contributed by atoms with Gasteiger partial charge in [-0.3, -0.25) is 0 Å². The van der Waals surface area contributed by atoms with Gasteiger partial charge in [-0.1, -0.05) is 17.7 Å². The van der Waals surface area contributed by atoms with Crippen molar-refractivity contribution in [3.63, 3.8) is 0 Å². The van der Waals surface area contributed by atoms with Crippen LogP contribution in [-0.2, 0) is 0 Å². The van der Waals surface area contributed by atoms with Crippen molar-refractivity contribution in [3.05, 3.63) is 23.2 Å². The fourth-order valence-corrected chi connectivity index (χ4v) is 0.842. The lowest BCUT2D eigenvalue weighted by atomic mass is 9.94. The minimum absolute atomic E-state index is 1.19. The van der Waals surface area contributed by atoms with Crippen LogP contribution in [0.15, 0.2) is 23.2 Å². The molecule has 1 aliphatic rings. The Kier molecular flexibility index (Phi) is 1.05. The third-order valence-electron chi connectivity index (χ3n) is 1.21. The lowest BCUT2D eigenvalue weighted by Gasteiger charge is -1.87. The fraction of sp³-hybridized carbons (Fsp3) is 0.333. The van der Waals surface area contributed by atoms with Crippen molar-refractivity contribution < 1.29 is 0 Å². The van der Waals surface area contributed by atoms with Crippen LogP contribution >= 0.6 is 0 Å². The Morgan fingerprint density at radius 2 is 2.29 bits per heavy atom. The molecule has 0 unspecified atom stereocenters. The number of allylic oxidation sites excluding steroid dienone is 4. The van der Waals surface area contributed by atoms with Gasteiger partial charge in [-0.2, -0.15) is 0 Å². The predicted molar refractivity (Wildman–Crippen MR) is 35.0 cm³/mol. The minimum Gasteiger partial charge on any atom is -0.106 e. The summed E-state index contributed by atoms with van der Waals surface area (Å²) < 4.78 is 0. The third kappa shape index (κ3) is 0.954. The van der Waals surface area contributed by atoms with Gasteiger partial charge in [-0.25, -0.2) is 0 Å². The molecule has 0 aromatic carbocycles. The summed E-state index contributed by atoms with van der Waals surface area (Å²) in [5, 5.41) is 0. The average Bonchev–Trinajstić information content (AvgIpc) is 1.87. The normalized spacial score (nSPS) is 19.0. The van der Waals surface area contributed by atoms with Gasteiger partial charge < -0.3 is 0 Å². The summed E-state index contributed by atoms with van der Waals surface area (Å²) in [5.41, 5.74) is 2.97. The van der Waals surface area contributed by atoms with E-state index in [1.165, 1.54) is 17.5 Å². The maximum Gasteiger partial charge on any atom is 0.134 e. The largest absolute Gasteiger partial charge is 0.134 e. The molecule has 0 saturated heterocycles. The van der Waals surface area contributed by atoms with Crippen LogP contribution in [0.2, 0.25) is 0 Å². The number of hydrogen-bond acceptors (Lipinski definition) is 0. The zero-order chi connectivity index (χ0) is 5.28. The summed E-state index contributed by atoms with van der Waals surface area (Å²) in [4.78, 5) is 0. The van der Waals surface area contributed by atoms with Crippen molar-refractivity contribution in [2.45, 2.75) is 13.3 Å². The highest BCUT2D eigenvalue weighted by Gasteiger charge is 1.95. The Morgan fingerprint density at radius 1 is 1.57 bits per heavy atom. The summed E-state index contributed by atoms with van der Waals surface area (Å²) in [6.45, 7) is 2.16. The van der Waals surface area contributed by atoms with E-state index in [1.807, 2.05) is 0 Å². The highest BCUT2D eigenvalue weighted by atomic mass is 14.0. The molecule has 0 saturated carbocycles. The molecule has 0 heterocycles. The van der Waals surface area contributed by atoms with Crippen molar-refractivity contribution in [2.24, 2.45) is 0 Å². The van der Waals surface area contributed by atoms with Crippen LogP contribution in [0.5, 0.6) is 0 Å². The maximum atomic E-state index is 2.18. The van der Waals surface area contributed by atoms with E-state index in [0.717, 1.165) is 0 Å². The second-order valence-electron chi connectivity index (χ2n) is 2.20. The zero-order valence-electron chi connectivity index (χ0n) is 4.86. The second-order valence-corrected chi connectivity index (χ2v) is 2.20. The molecule has 7 heavy (non-hydrogen) atoms. The van der Waals surface area contributed by atoms with E-state index in [-0.39, 0.29) is 0 Å². The van der Waals surface area contributed by atoms with E-state index in [1.54, 1.807) is 0 Å². The smallest absolute Gasteiger partial charge is 0.106 e. The number of rotatable bonds is 0. The van der Waals surface area contributed by atoms with Crippen LogP contribution in [0.25, 0.3) is 0 Å². The van der Waals surface area contributed by atoms with Crippen molar-refractivity contribution in [1.82, 2.24) is 0 Å². The maximum absolute atomic E-state index is 2.18. The zero-order valence-corrected chi connectivity index (χ0v) is 4.86. The Hall–Kier alpha value is -0.455. The van der Waals surface area contributed by atoms with E-state index in [9.17, 15) is 0 Å². The fourth-order valence-electron chi connectivity index (χ4n) is 0.842. The minimum atomic E-state index is 1.19. The summed E-state index contributed by atoms with van der Waals surface area (Å²) in [5.74, 6) is 0. The van der Waals surface area contributed by atoms with E-state index in [0.29, 0.717) is 0 Å². The van der Waals surface area contributed by atoms with Crippen LogP contribution in [0.3, 0.4) is 0 Å².